The van der Waals surface area contributed by atoms with Crippen molar-refractivity contribution in [2.75, 3.05) is 0 Å². The predicted molar refractivity (Wildman–Crippen MR) is 234 cm³/mol. The van der Waals surface area contributed by atoms with Gasteiger partial charge in [-0.3, -0.25) is 0 Å². The van der Waals surface area contributed by atoms with Crippen molar-refractivity contribution >= 4 is 75.4 Å². The molecule has 12 aromatic rings. The number of thiophene rings is 1. The summed E-state index contributed by atoms with van der Waals surface area (Å²) in [7, 11) is 0. The zero-order chi connectivity index (χ0) is 37.5. The van der Waals surface area contributed by atoms with Gasteiger partial charge in [-0.1, -0.05) is 121 Å². The van der Waals surface area contributed by atoms with Crippen LogP contribution in [0, 0.1) is 0 Å². The molecule has 0 spiro atoms. The van der Waals surface area contributed by atoms with E-state index in [9.17, 15) is 0 Å². The van der Waals surface area contributed by atoms with Crippen molar-refractivity contribution in [2.24, 2.45) is 0 Å². The molecule has 6 heteroatoms. The molecule has 0 aliphatic carbocycles. The van der Waals surface area contributed by atoms with E-state index in [2.05, 4.69) is 103 Å². The maximum Gasteiger partial charge on any atom is 0.164 e. The summed E-state index contributed by atoms with van der Waals surface area (Å²) in [6.45, 7) is 0. The van der Waals surface area contributed by atoms with Crippen LogP contribution in [-0.2, 0) is 0 Å². The van der Waals surface area contributed by atoms with E-state index in [0.717, 1.165) is 77.3 Å². The Labute approximate surface area is 330 Å². The van der Waals surface area contributed by atoms with Crippen LogP contribution >= 0.6 is 11.3 Å². The number of nitrogens with zero attached hydrogens (tertiary/aromatic N) is 3. The Morgan fingerprint density at radius 3 is 1.65 bits per heavy atom. The molecule has 8 aromatic carbocycles. The van der Waals surface area contributed by atoms with E-state index in [-0.39, 0.29) is 0 Å². The van der Waals surface area contributed by atoms with Crippen LogP contribution in [-0.4, -0.2) is 15.0 Å². The highest BCUT2D eigenvalue weighted by atomic mass is 32.1. The number of benzene rings is 8. The Kier molecular flexibility index (Phi) is 7.03. The van der Waals surface area contributed by atoms with Gasteiger partial charge in [0.25, 0.3) is 0 Å². The lowest BCUT2D eigenvalue weighted by Crippen LogP contribution is -2.00. The Morgan fingerprint density at radius 1 is 0.333 bits per heavy atom. The third-order valence-corrected chi connectivity index (χ3v) is 12.2. The van der Waals surface area contributed by atoms with Crippen LogP contribution < -0.4 is 0 Å². The summed E-state index contributed by atoms with van der Waals surface area (Å²) in [5.74, 6) is 1.84. The average Bonchev–Trinajstić information content (AvgIpc) is 3.97. The Bertz CT molecular complexity index is 3470. The summed E-state index contributed by atoms with van der Waals surface area (Å²) in [4.78, 5) is 14.8. The zero-order valence-electron chi connectivity index (χ0n) is 30.3. The molecule has 0 aliphatic rings. The summed E-state index contributed by atoms with van der Waals surface area (Å²) in [6.07, 6.45) is 0. The van der Waals surface area contributed by atoms with Crippen LogP contribution in [0.3, 0.4) is 0 Å². The average molecular weight is 748 g/mol. The molecule has 5 nitrogen and oxygen atoms in total. The van der Waals surface area contributed by atoms with Gasteiger partial charge in [-0.2, -0.15) is 0 Å². The second-order valence-corrected chi connectivity index (χ2v) is 15.4. The van der Waals surface area contributed by atoms with Gasteiger partial charge in [0, 0.05) is 64.0 Å². The molecule has 0 radical (unpaired) electrons. The number of aromatic nitrogens is 3. The molecule has 0 unspecified atom stereocenters. The van der Waals surface area contributed by atoms with Crippen molar-refractivity contribution in [1.82, 2.24) is 15.0 Å². The highest BCUT2D eigenvalue weighted by molar-refractivity contribution is 7.26. The Hall–Kier alpha value is -7.41. The van der Waals surface area contributed by atoms with Crippen molar-refractivity contribution in [2.45, 2.75) is 0 Å². The second kappa shape index (κ2) is 12.6. The van der Waals surface area contributed by atoms with Crippen molar-refractivity contribution in [3.05, 3.63) is 176 Å². The topological polar surface area (TPSA) is 65.0 Å². The molecule has 0 amide bonds. The van der Waals surface area contributed by atoms with Crippen molar-refractivity contribution in [1.29, 1.82) is 0 Å². The summed E-state index contributed by atoms with van der Waals surface area (Å²) >= 11 is 1.84. The van der Waals surface area contributed by atoms with E-state index in [1.54, 1.807) is 0 Å². The molecule has 4 heterocycles. The first-order valence-electron chi connectivity index (χ1n) is 18.9. The van der Waals surface area contributed by atoms with E-state index in [4.69, 9.17) is 23.8 Å². The van der Waals surface area contributed by atoms with E-state index in [1.165, 1.54) is 25.7 Å². The Balaban J connectivity index is 1.02. The van der Waals surface area contributed by atoms with E-state index >= 15 is 0 Å². The molecule has 4 aromatic heterocycles. The van der Waals surface area contributed by atoms with E-state index < -0.39 is 0 Å². The summed E-state index contributed by atoms with van der Waals surface area (Å²) in [6, 6.07) is 61.0. The normalized spacial score (nSPS) is 11.9. The summed E-state index contributed by atoms with van der Waals surface area (Å²) < 4.78 is 15.5. The lowest BCUT2D eigenvalue weighted by molar-refractivity contribution is 0.668. The quantitative estimate of drug-likeness (QED) is 0.175. The third kappa shape index (κ3) is 5.19. The molecule has 266 valence electrons. The minimum atomic E-state index is 0.593. The van der Waals surface area contributed by atoms with Crippen LogP contribution in [0.5, 0.6) is 0 Å². The van der Waals surface area contributed by atoms with Gasteiger partial charge in [0.05, 0.1) is 0 Å². The maximum atomic E-state index is 6.71. The molecule has 0 atom stereocenters. The van der Waals surface area contributed by atoms with Crippen LogP contribution in [0.1, 0.15) is 0 Å². The molecular formula is C51H29N3O2S. The molecule has 57 heavy (non-hydrogen) atoms. The molecule has 0 N–H and O–H groups in total. The molecule has 0 saturated heterocycles. The minimum absolute atomic E-state index is 0.593. The molecule has 12 rings (SSSR count). The molecule has 0 aliphatic heterocycles. The molecule has 0 saturated carbocycles. The number of fused-ring (bicyclic) bond motifs is 9. The minimum Gasteiger partial charge on any atom is -0.456 e. The lowest BCUT2D eigenvalue weighted by atomic mass is 9.93. The number of hydrogen-bond acceptors (Lipinski definition) is 6. The van der Waals surface area contributed by atoms with Gasteiger partial charge < -0.3 is 8.83 Å². The van der Waals surface area contributed by atoms with Crippen molar-refractivity contribution in [3.8, 4) is 56.4 Å². The third-order valence-electron chi connectivity index (χ3n) is 10.9. The van der Waals surface area contributed by atoms with Gasteiger partial charge in [-0.05, 0) is 71.3 Å². The smallest absolute Gasteiger partial charge is 0.164 e. The summed E-state index contributed by atoms with van der Waals surface area (Å²) in [5.41, 5.74) is 10.7. The largest absolute Gasteiger partial charge is 0.456 e. The highest BCUT2D eigenvalue weighted by Crippen LogP contribution is 2.46. The van der Waals surface area contributed by atoms with Crippen LogP contribution in [0.25, 0.3) is 120 Å². The monoisotopic (exact) mass is 747 g/mol. The molecule has 0 bridgehead atoms. The van der Waals surface area contributed by atoms with Crippen molar-refractivity contribution in [3.63, 3.8) is 0 Å². The van der Waals surface area contributed by atoms with Gasteiger partial charge in [0.15, 0.2) is 17.5 Å². The Morgan fingerprint density at radius 2 is 0.912 bits per heavy atom. The fourth-order valence-electron chi connectivity index (χ4n) is 8.23. The lowest BCUT2D eigenvalue weighted by Gasteiger charge is -2.10. The number of furan rings is 2. The second-order valence-electron chi connectivity index (χ2n) is 14.3. The van der Waals surface area contributed by atoms with Gasteiger partial charge >= 0.3 is 0 Å². The molecule has 0 fully saturated rings. The summed E-state index contributed by atoms with van der Waals surface area (Å²) in [5, 5.41) is 6.85. The van der Waals surface area contributed by atoms with Gasteiger partial charge in [0.2, 0.25) is 0 Å². The van der Waals surface area contributed by atoms with E-state index in [1.807, 2.05) is 84.1 Å². The highest BCUT2D eigenvalue weighted by Gasteiger charge is 2.19. The van der Waals surface area contributed by atoms with Crippen molar-refractivity contribution < 1.29 is 8.83 Å². The number of hydrogen-bond donors (Lipinski definition) is 0. The fourth-order valence-corrected chi connectivity index (χ4v) is 9.45. The fraction of sp³-hybridized carbons (Fsp3) is 0. The maximum absolute atomic E-state index is 6.71. The van der Waals surface area contributed by atoms with Gasteiger partial charge in [-0.25, -0.2) is 15.0 Å². The SMILES string of the molecule is c1ccc(-c2nc(-c3ccccc3)nc(-c3ccc4c(c3)oc3cc(-c5cc(-c6cccc7oc8ccccc8c67)cc6c5sc5ccccc56)ccc34)n2)cc1. The van der Waals surface area contributed by atoms with E-state index in [0.29, 0.717) is 17.5 Å². The number of para-hydroxylation sites is 1. The first-order chi connectivity index (χ1) is 28.2. The first kappa shape index (κ1) is 31.9. The van der Waals surface area contributed by atoms with Crippen LogP contribution in [0.15, 0.2) is 185 Å². The zero-order valence-corrected chi connectivity index (χ0v) is 31.1. The first-order valence-corrected chi connectivity index (χ1v) is 19.7. The molecular weight excluding hydrogens is 719 g/mol. The number of rotatable bonds is 5. The van der Waals surface area contributed by atoms with Gasteiger partial charge in [-0.15, -0.1) is 11.3 Å². The van der Waals surface area contributed by atoms with Gasteiger partial charge in [0.1, 0.15) is 22.3 Å². The van der Waals surface area contributed by atoms with Crippen LogP contribution in [0.2, 0.25) is 0 Å². The standard InChI is InChI=1S/C51H29N3O2S/c1-3-12-30(13-4-1)49-52-50(31-14-5-2-6-15-31)54-51(53-49)33-23-25-37-36-24-22-32(28-44(36)56-45(37)29-33)40-26-34(27-41-38-16-8-10-21-46(38)57-48(40)41)35-18-11-20-43-47(35)39-17-7-9-19-42(39)55-43/h1-29H. The predicted octanol–water partition coefficient (Wildman–Crippen LogP) is 14.4. The van der Waals surface area contributed by atoms with Crippen LogP contribution in [0.4, 0.5) is 0 Å².